The summed E-state index contributed by atoms with van der Waals surface area (Å²) in [5.41, 5.74) is 0. The Kier molecular flexibility index (Phi) is 5.55. The Hall–Kier alpha value is -0.660. The lowest BCUT2D eigenvalue weighted by Gasteiger charge is -2.22. The quantitative estimate of drug-likeness (QED) is 0.721. The Balaban J connectivity index is 2.62. The number of rotatable bonds is 7. The minimum atomic E-state index is -3.56. The van der Waals surface area contributed by atoms with Crippen LogP contribution in [0, 0.1) is 5.92 Å². The Bertz CT molecular complexity index is 383. The first-order valence-electron chi connectivity index (χ1n) is 6.35. The molecule has 2 atom stereocenters. The zero-order valence-electron chi connectivity index (χ0n) is 10.9. The van der Waals surface area contributed by atoms with E-state index < -0.39 is 28.1 Å². The summed E-state index contributed by atoms with van der Waals surface area (Å²) in [7, 11) is -2.05. The lowest BCUT2D eigenvalue weighted by Crippen LogP contribution is -2.46. The smallest absolute Gasteiger partial charge is 0.308 e. The van der Waals surface area contributed by atoms with Crippen molar-refractivity contribution in [2.75, 3.05) is 13.6 Å². The summed E-state index contributed by atoms with van der Waals surface area (Å²) in [6.45, 7) is 2.45. The second kappa shape index (κ2) is 6.49. The van der Waals surface area contributed by atoms with Crippen molar-refractivity contribution in [3.63, 3.8) is 0 Å². The molecule has 2 unspecified atom stereocenters. The molecule has 1 saturated carbocycles. The minimum Gasteiger partial charge on any atom is -0.481 e. The van der Waals surface area contributed by atoms with Crippen LogP contribution in [0.1, 0.15) is 39.0 Å². The zero-order chi connectivity index (χ0) is 13.8. The highest BCUT2D eigenvalue weighted by molar-refractivity contribution is 7.87. The molecule has 0 radical (unpaired) electrons. The standard InChI is InChI=1S/C11H22N2O4S/c1-3-4-8-13(2)18(16,17)12-10-7-5-6-9(10)11(14)15/h9-10,12H,3-8H2,1-2H3,(H,14,15). The van der Waals surface area contributed by atoms with Crippen LogP contribution in [0.2, 0.25) is 0 Å². The SMILES string of the molecule is CCCCN(C)S(=O)(=O)NC1CCCC1C(=O)O. The van der Waals surface area contributed by atoms with Crippen molar-refractivity contribution in [3.8, 4) is 0 Å². The highest BCUT2D eigenvalue weighted by Crippen LogP contribution is 2.26. The zero-order valence-corrected chi connectivity index (χ0v) is 11.7. The first-order valence-corrected chi connectivity index (χ1v) is 7.79. The molecular formula is C11H22N2O4S. The number of carboxylic acids is 1. The lowest BCUT2D eigenvalue weighted by molar-refractivity contribution is -0.141. The average Bonchev–Trinajstić information content (AvgIpc) is 2.73. The summed E-state index contributed by atoms with van der Waals surface area (Å²) in [4.78, 5) is 11.0. The average molecular weight is 278 g/mol. The van der Waals surface area contributed by atoms with Crippen LogP contribution in [-0.2, 0) is 15.0 Å². The lowest BCUT2D eigenvalue weighted by atomic mass is 10.1. The second-order valence-electron chi connectivity index (χ2n) is 4.78. The summed E-state index contributed by atoms with van der Waals surface area (Å²) in [5.74, 6) is -1.52. The molecule has 1 aliphatic rings. The molecule has 6 nitrogen and oxygen atoms in total. The monoisotopic (exact) mass is 278 g/mol. The van der Waals surface area contributed by atoms with E-state index in [2.05, 4.69) is 4.72 Å². The van der Waals surface area contributed by atoms with Gasteiger partial charge in [-0.1, -0.05) is 19.8 Å². The van der Waals surface area contributed by atoms with Gasteiger partial charge in [-0.15, -0.1) is 0 Å². The van der Waals surface area contributed by atoms with E-state index in [0.717, 1.165) is 19.3 Å². The Morgan fingerprint density at radius 2 is 2.11 bits per heavy atom. The first kappa shape index (κ1) is 15.4. The van der Waals surface area contributed by atoms with Gasteiger partial charge in [-0.05, 0) is 19.3 Å². The molecule has 0 aliphatic heterocycles. The Morgan fingerprint density at radius 3 is 2.67 bits per heavy atom. The molecule has 0 bridgehead atoms. The van der Waals surface area contributed by atoms with Gasteiger partial charge in [-0.2, -0.15) is 17.4 Å². The van der Waals surface area contributed by atoms with Gasteiger partial charge in [0, 0.05) is 19.6 Å². The summed E-state index contributed by atoms with van der Waals surface area (Å²) >= 11 is 0. The van der Waals surface area contributed by atoms with Crippen molar-refractivity contribution >= 4 is 16.2 Å². The highest BCUT2D eigenvalue weighted by atomic mass is 32.2. The molecule has 106 valence electrons. The normalized spacial score (nSPS) is 24.6. The number of hydrogen-bond donors (Lipinski definition) is 2. The fraction of sp³-hybridized carbons (Fsp3) is 0.909. The van der Waals surface area contributed by atoms with Gasteiger partial charge in [0.2, 0.25) is 0 Å². The van der Waals surface area contributed by atoms with Crippen LogP contribution < -0.4 is 4.72 Å². The van der Waals surface area contributed by atoms with Crippen molar-refractivity contribution in [1.82, 2.24) is 9.03 Å². The molecule has 0 aromatic rings. The second-order valence-corrected chi connectivity index (χ2v) is 6.59. The minimum absolute atomic E-state index is 0.455. The van der Waals surface area contributed by atoms with Crippen LogP contribution in [0.5, 0.6) is 0 Å². The maximum Gasteiger partial charge on any atom is 0.308 e. The molecule has 0 saturated heterocycles. The molecule has 0 aromatic carbocycles. The van der Waals surface area contributed by atoms with E-state index in [0.29, 0.717) is 19.4 Å². The van der Waals surface area contributed by atoms with Crippen LogP contribution in [-0.4, -0.2) is 43.4 Å². The Labute approximate surface area is 109 Å². The van der Waals surface area contributed by atoms with Gasteiger partial charge in [0.15, 0.2) is 0 Å². The van der Waals surface area contributed by atoms with E-state index in [9.17, 15) is 13.2 Å². The Morgan fingerprint density at radius 1 is 1.44 bits per heavy atom. The number of carboxylic acid groups (broad SMARTS) is 1. The van der Waals surface area contributed by atoms with Crippen molar-refractivity contribution in [2.24, 2.45) is 5.92 Å². The predicted molar refractivity (Wildman–Crippen MR) is 68.4 cm³/mol. The van der Waals surface area contributed by atoms with Gasteiger partial charge in [-0.3, -0.25) is 4.79 Å². The van der Waals surface area contributed by atoms with E-state index in [1.807, 2.05) is 6.92 Å². The van der Waals surface area contributed by atoms with Crippen molar-refractivity contribution in [2.45, 2.75) is 45.1 Å². The van der Waals surface area contributed by atoms with E-state index in [-0.39, 0.29) is 0 Å². The third-order valence-corrected chi connectivity index (χ3v) is 4.97. The molecule has 0 amide bonds. The van der Waals surface area contributed by atoms with Crippen molar-refractivity contribution in [1.29, 1.82) is 0 Å². The van der Waals surface area contributed by atoms with Gasteiger partial charge < -0.3 is 5.11 Å². The maximum absolute atomic E-state index is 12.0. The maximum atomic E-state index is 12.0. The van der Waals surface area contributed by atoms with Crippen LogP contribution in [0.15, 0.2) is 0 Å². The molecule has 18 heavy (non-hydrogen) atoms. The number of carbonyl (C=O) groups is 1. The van der Waals surface area contributed by atoms with E-state index in [1.54, 1.807) is 0 Å². The number of nitrogens with one attached hydrogen (secondary N) is 1. The molecule has 0 heterocycles. The summed E-state index contributed by atoms with van der Waals surface area (Å²) in [6.07, 6.45) is 3.60. The summed E-state index contributed by atoms with van der Waals surface area (Å²) in [5, 5.41) is 9.01. The van der Waals surface area contributed by atoms with Crippen molar-refractivity contribution in [3.05, 3.63) is 0 Å². The van der Waals surface area contributed by atoms with Gasteiger partial charge in [-0.25, -0.2) is 0 Å². The van der Waals surface area contributed by atoms with Gasteiger partial charge in [0.25, 0.3) is 10.2 Å². The third-order valence-electron chi connectivity index (χ3n) is 3.37. The molecular weight excluding hydrogens is 256 g/mol. The summed E-state index contributed by atoms with van der Waals surface area (Å²) in [6, 6.07) is -0.475. The van der Waals surface area contributed by atoms with Crippen molar-refractivity contribution < 1.29 is 18.3 Å². The van der Waals surface area contributed by atoms with Crippen LogP contribution in [0.4, 0.5) is 0 Å². The summed E-state index contributed by atoms with van der Waals surface area (Å²) < 4.78 is 27.7. The topological polar surface area (TPSA) is 86.7 Å². The number of aliphatic carboxylic acids is 1. The highest BCUT2D eigenvalue weighted by Gasteiger charge is 2.36. The number of unbranched alkanes of at least 4 members (excludes halogenated alkanes) is 1. The fourth-order valence-corrected chi connectivity index (χ4v) is 3.39. The van der Waals surface area contributed by atoms with Crippen LogP contribution in [0.25, 0.3) is 0 Å². The van der Waals surface area contributed by atoms with Crippen LogP contribution in [0.3, 0.4) is 0 Å². The van der Waals surface area contributed by atoms with E-state index in [4.69, 9.17) is 5.11 Å². The van der Waals surface area contributed by atoms with E-state index in [1.165, 1.54) is 11.4 Å². The molecule has 0 spiro atoms. The van der Waals surface area contributed by atoms with Crippen LogP contribution >= 0.6 is 0 Å². The fourth-order valence-electron chi connectivity index (χ4n) is 2.18. The third kappa shape index (κ3) is 3.93. The molecule has 2 N–H and O–H groups in total. The van der Waals surface area contributed by atoms with Gasteiger partial charge >= 0.3 is 5.97 Å². The number of hydrogen-bond acceptors (Lipinski definition) is 3. The van der Waals surface area contributed by atoms with E-state index >= 15 is 0 Å². The molecule has 1 aliphatic carbocycles. The largest absolute Gasteiger partial charge is 0.481 e. The molecule has 0 aromatic heterocycles. The molecule has 1 rings (SSSR count). The van der Waals surface area contributed by atoms with Gasteiger partial charge in [0.1, 0.15) is 0 Å². The first-order chi connectivity index (χ1) is 8.38. The molecule has 1 fully saturated rings. The molecule has 7 heteroatoms. The number of nitrogens with zero attached hydrogens (tertiary/aromatic N) is 1. The predicted octanol–water partition coefficient (Wildman–Crippen LogP) is 0.806. The van der Waals surface area contributed by atoms with Gasteiger partial charge in [0.05, 0.1) is 5.92 Å².